The number of hydrogen-bond acceptors (Lipinski definition) is 9. The monoisotopic (exact) mass is 510 g/mol. The molecule has 0 radical (unpaired) electrons. The van der Waals surface area contributed by atoms with Crippen molar-refractivity contribution in [1.29, 1.82) is 0 Å². The molecule has 0 aromatic heterocycles. The minimum Gasteiger partial charge on any atom is -0.507 e. The van der Waals surface area contributed by atoms with Crippen LogP contribution in [0.2, 0.25) is 0 Å². The second-order valence-corrected chi connectivity index (χ2v) is 8.71. The van der Waals surface area contributed by atoms with Gasteiger partial charge in [-0.15, -0.1) is 0 Å². The van der Waals surface area contributed by atoms with Gasteiger partial charge in [-0.1, -0.05) is 0 Å². The zero-order valence-electron chi connectivity index (χ0n) is 20.6. The number of halogens is 1. The van der Waals surface area contributed by atoms with E-state index >= 15 is 0 Å². The van der Waals surface area contributed by atoms with Gasteiger partial charge < -0.3 is 29.5 Å². The van der Waals surface area contributed by atoms with Gasteiger partial charge >= 0.3 is 0 Å². The van der Waals surface area contributed by atoms with Crippen LogP contribution >= 0.6 is 0 Å². The number of phenols is 2. The molecule has 0 amide bonds. The average molecular weight is 510 g/mol. The molecule has 4 rings (SSSR count). The standard InChI is InChI=1S/C27H23FO9/c1-11-23(32)21(15(30)7-6-13-8-17(35-4)18(36-5)9-14(13)28)25-22(24(11)33)27(3)19(37-25)10-16(31)20(12(2)29)26(27)34/h6-10,31-33H,1-5H3/b7-6+/t27-/m1/s1. The Morgan fingerprint density at radius 3 is 2.30 bits per heavy atom. The number of benzene rings is 2. The van der Waals surface area contributed by atoms with Crippen molar-refractivity contribution in [3.63, 3.8) is 0 Å². The number of hydrogen-bond donors (Lipinski definition) is 3. The van der Waals surface area contributed by atoms with Crippen LogP contribution in [0, 0.1) is 12.7 Å². The molecule has 0 saturated carbocycles. The first-order valence-electron chi connectivity index (χ1n) is 11.0. The summed E-state index contributed by atoms with van der Waals surface area (Å²) in [5, 5.41) is 31.9. The van der Waals surface area contributed by atoms with Crippen LogP contribution in [0.4, 0.5) is 4.39 Å². The number of fused-ring (bicyclic) bond motifs is 3. The van der Waals surface area contributed by atoms with Crippen LogP contribution in [0.3, 0.4) is 0 Å². The van der Waals surface area contributed by atoms with E-state index in [-0.39, 0.29) is 39.7 Å². The van der Waals surface area contributed by atoms with Gasteiger partial charge in [0.2, 0.25) is 0 Å². The van der Waals surface area contributed by atoms with E-state index in [0.29, 0.717) is 0 Å². The molecule has 0 bridgehead atoms. The molecule has 2 aromatic carbocycles. The van der Waals surface area contributed by atoms with Gasteiger partial charge in [0.05, 0.1) is 19.8 Å². The average Bonchev–Trinajstić information content (AvgIpc) is 3.14. The SMILES string of the molecule is COc1cc(F)c(/C=C/C(=O)c2c(O)c(C)c(O)c3c2OC2=CC(O)=C(C(C)=O)C(=O)[C@]23C)cc1OC. The fraction of sp³-hybridized carbons (Fsp3) is 0.222. The number of rotatable bonds is 6. The van der Waals surface area contributed by atoms with E-state index in [1.807, 2.05) is 0 Å². The van der Waals surface area contributed by atoms with Gasteiger partial charge in [0.25, 0.3) is 0 Å². The third kappa shape index (κ3) is 3.64. The first-order valence-corrected chi connectivity index (χ1v) is 11.0. The number of carbonyl (C=O) groups excluding carboxylic acids is 3. The Bertz CT molecular complexity index is 1500. The molecule has 1 aliphatic carbocycles. The summed E-state index contributed by atoms with van der Waals surface area (Å²) in [5.74, 6) is -4.89. The van der Waals surface area contributed by atoms with Crippen LogP contribution in [0.1, 0.15) is 40.9 Å². The maximum Gasteiger partial charge on any atom is 0.193 e. The van der Waals surface area contributed by atoms with Crippen LogP contribution in [0.5, 0.6) is 28.7 Å². The Morgan fingerprint density at radius 2 is 1.70 bits per heavy atom. The molecule has 1 atom stereocenters. The maximum absolute atomic E-state index is 14.5. The third-order valence-corrected chi connectivity index (χ3v) is 6.56. The van der Waals surface area contributed by atoms with Crippen LogP contribution in [-0.4, -0.2) is 46.9 Å². The first kappa shape index (κ1) is 25.5. The van der Waals surface area contributed by atoms with Crippen molar-refractivity contribution >= 4 is 23.4 Å². The summed E-state index contributed by atoms with van der Waals surface area (Å²) in [6.45, 7) is 3.82. The minimum atomic E-state index is -1.75. The number of aliphatic hydroxyl groups is 1. The van der Waals surface area contributed by atoms with E-state index in [4.69, 9.17) is 14.2 Å². The van der Waals surface area contributed by atoms with E-state index in [2.05, 4.69) is 0 Å². The normalized spacial score (nSPS) is 18.3. The second-order valence-electron chi connectivity index (χ2n) is 8.71. The number of ketones is 3. The smallest absolute Gasteiger partial charge is 0.193 e. The van der Waals surface area contributed by atoms with Gasteiger partial charge in [-0.05, 0) is 39.0 Å². The summed E-state index contributed by atoms with van der Waals surface area (Å²) in [7, 11) is 2.71. The third-order valence-electron chi connectivity index (χ3n) is 6.56. The zero-order chi connectivity index (χ0) is 27.4. The topological polar surface area (TPSA) is 140 Å². The Kier molecular flexibility index (Phi) is 6.07. The summed E-state index contributed by atoms with van der Waals surface area (Å²) < 4.78 is 30.5. The number of aliphatic hydroxyl groups excluding tert-OH is 1. The van der Waals surface area contributed by atoms with Crippen LogP contribution in [0.25, 0.3) is 6.08 Å². The van der Waals surface area contributed by atoms with Crippen LogP contribution < -0.4 is 14.2 Å². The number of methoxy groups -OCH3 is 2. The van der Waals surface area contributed by atoms with Crippen molar-refractivity contribution in [2.75, 3.05) is 14.2 Å². The van der Waals surface area contributed by atoms with Gasteiger partial charge in [0, 0.05) is 23.3 Å². The fourth-order valence-electron chi connectivity index (χ4n) is 4.51. The van der Waals surface area contributed by atoms with E-state index in [0.717, 1.165) is 31.2 Å². The first-order chi connectivity index (χ1) is 17.4. The summed E-state index contributed by atoms with van der Waals surface area (Å²) in [6, 6.07) is 2.40. The molecule has 0 saturated heterocycles. The molecule has 192 valence electrons. The molecule has 1 heterocycles. The lowest BCUT2D eigenvalue weighted by Crippen LogP contribution is -2.38. The lowest BCUT2D eigenvalue weighted by atomic mass is 9.71. The summed E-state index contributed by atoms with van der Waals surface area (Å²) >= 11 is 0. The highest BCUT2D eigenvalue weighted by atomic mass is 19.1. The molecular formula is C27H23FO9. The van der Waals surface area contributed by atoms with Crippen molar-refractivity contribution < 1.29 is 48.3 Å². The number of ether oxygens (including phenoxy) is 3. The second kappa shape index (κ2) is 8.81. The van der Waals surface area contributed by atoms with Crippen LogP contribution in [0.15, 0.2) is 41.4 Å². The molecule has 1 aliphatic heterocycles. The molecule has 0 fully saturated rings. The van der Waals surface area contributed by atoms with Gasteiger partial charge in [0.1, 0.15) is 51.1 Å². The van der Waals surface area contributed by atoms with E-state index in [9.17, 15) is 34.1 Å². The molecule has 37 heavy (non-hydrogen) atoms. The predicted octanol–water partition coefficient (Wildman–Crippen LogP) is 3.98. The Balaban J connectivity index is 1.86. The van der Waals surface area contributed by atoms with E-state index in [1.165, 1.54) is 34.1 Å². The molecule has 2 aromatic rings. The lowest BCUT2D eigenvalue weighted by molar-refractivity contribution is -0.123. The molecule has 9 nitrogen and oxygen atoms in total. The van der Waals surface area contributed by atoms with Crippen LogP contribution in [-0.2, 0) is 15.0 Å². The molecule has 0 spiro atoms. The summed E-state index contributed by atoms with van der Waals surface area (Å²) in [6.07, 6.45) is 3.20. The molecule has 0 unspecified atom stereocenters. The number of allylic oxidation sites excluding steroid dienone is 4. The highest BCUT2D eigenvalue weighted by molar-refractivity contribution is 6.26. The molecule has 10 heteroatoms. The van der Waals surface area contributed by atoms with Gasteiger partial charge in [-0.3, -0.25) is 14.4 Å². The van der Waals surface area contributed by atoms with Gasteiger partial charge in [-0.25, -0.2) is 4.39 Å². The highest BCUT2D eigenvalue weighted by Gasteiger charge is 2.55. The van der Waals surface area contributed by atoms with Crippen molar-refractivity contribution in [1.82, 2.24) is 0 Å². The van der Waals surface area contributed by atoms with Crippen molar-refractivity contribution in [2.45, 2.75) is 26.2 Å². The maximum atomic E-state index is 14.5. The molecule has 3 N–H and O–H groups in total. The lowest BCUT2D eigenvalue weighted by Gasteiger charge is -2.28. The van der Waals surface area contributed by atoms with Gasteiger partial charge in [-0.2, -0.15) is 0 Å². The van der Waals surface area contributed by atoms with E-state index < -0.39 is 57.0 Å². The molecular weight excluding hydrogens is 487 g/mol. The Labute approximate surface area is 210 Å². The quantitative estimate of drug-likeness (QED) is 0.299. The van der Waals surface area contributed by atoms with Crippen molar-refractivity contribution in [3.8, 4) is 28.7 Å². The zero-order valence-corrected chi connectivity index (χ0v) is 20.6. The fourth-order valence-corrected chi connectivity index (χ4v) is 4.51. The number of Topliss-reactive ketones (excluding diaryl/α,β-unsaturated/α-hetero) is 2. The number of aromatic hydroxyl groups is 2. The van der Waals surface area contributed by atoms with Crippen molar-refractivity contribution in [3.05, 3.63) is 69.4 Å². The summed E-state index contributed by atoms with van der Waals surface area (Å²) in [5.41, 5.74) is -2.90. The Morgan fingerprint density at radius 1 is 1.08 bits per heavy atom. The largest absolute Gasteiger partial charge is 0.507 e. The van der Waals surface area contributed by atoms with Gasteiger partial charge in [0.15, 0.2) is 28.8 Å². The van der Waals surface area contributed by atoms with E-state index in [1.54, 1.807) is 0 Å². The summed E-state index contributed by atoms with van der Waals surface area (Å²) in [4.78, 5) is 38.7. The van der Waals surface area contributed by atoms with Crippen molar-refractivity contribution in [2.24, 2.45) is 0 Å². The Hall–Kier alpha value is -4.60. The predicted molar refractivity (Wildman–Crippen MR) is 129 cm³/mol. The minimum absolute atomic E-state index is 0.0164. The highest BCUT2D eigenvalue weighted by Crippen LogP contribution is 2.57. The number of carbonyl (C=O) groups is 3. The molecule has 2 aliphatic rings. The number of phenolic OH excluding ortho intramolecular Hbond substituents is 2.